The molecule has 0 spiro atoms. The minimum Gasteiger partial charge on any atom is -0.497 e. The van der Waals surface area contributed by atoms with Crippen molar-refractivity contribution in [1.82, 2.24) is 4.98 Å². The molecule has 2 aliphatic rings. The van der Waals surface area contributed by atoms with E-state index >= 15 is 0 Å². The number of benzene rings is 2. The van der Waals surface area contributed by atoms with Crippen LogP contribution in [0.3, 0.4) is 0 Å². The summed E-state index contributed by atoms with van der Waals surface area (Å²) in [6, 6.07) is 13.9. The first-order chi connectivity index (χ1) is 16.4. The molecule has 0 aliphatic carbocycles. The summed E-state index contributed by atoms with van der Waals surface area (Å²) in [5.41, 5.74) is 1.72. The van der Waals surface area contributed by atoms with Crippen molar-refractivity contribution in [2.24, 2.45) is 5.92 Å². The molecule has 2 aliphatic heterocycles. The smallest absolute Gasteiger partial charge is 0.338 e. The largest absolute Gasteiger partial charge is 0.497 e. The van der Waals surface area contributed by atoms with Gasteiger partial charge in [0.15, 0.2) is 3.95 Å². The van der Waals surface area contributed by atoms with Crippen LogP contribution in [0.25, 0.3) is 0 Å². The molecular formula is C24H20N2O5S3. The highest BCUT2D eigenvalue weighted by Crippen LogP contribution is 2.54. The number of H-pyrrole nitrogens is 1. The van der Waals surface area contributed by atoms with Gasteiger partial charge in [-0.15, -0.1) is 11.3 Å². The molecule has 34 heavy (non-hydrogen) atoms. The molecule has 1 aromatic heterocycles. The van der Waals surface area contributed by atoms with E-state index < -0.39 is 17.1 Å². The summed E-state index contributed by atoms with van der Waals surface area (Å²) < 4.78 is 10.9. The van der Waals surface area contributed by atoms with E-state index in [9.17, 15) is 14.4 Å². The van der Waals surface area contributed by atoms with Gasteiger partial charge < -0.3 is 14.5 Å². The van der Waals surface area contributed by atoms with Crippen molar-refractivity contribution in [3.63, 3.8) is 0 Å². The number of aromatic nitrogens is 1. The highest BCUT2D eigenvalue weighted by molar-refractivity contribution is 8.01. The van der Waals surface area contributed by atoms with Gasteiger partial charge in [-0.05, 0) is 61.1 Å². The van der Waals surface area contributed by atoms with Crippen molar-refractivity contribution in [2.75, 3.05) is 18.6 Å². The Kier molecular flexibility index (Phi) is 6.05. The summed E-state index contributed by atoms with van der Waals surface area (Å²) in [5, 5.41) is 0.245. The number of fused-ring (bicyclic) bond motifs is 2. The summed E-state index contributed by atoms with van der Waals surface area (Å²) in [5.74, 6) is -1.17. The van der Waals surface area contributed by atoms with Crippen LogP contribution in [0.1, 0.15) is 33.6 Å². The molecule has 5 rings (SSSR count). The number of thiazole rings is 1. The van der Waals surface area contributed by atoms with Gasteiger partial charge in [-0.1, -0.05) is 23.9 Å². The molecule has 2 aromatic carbocycles. The van der Waals surface area contributed by atoms with Crippen molar-refractivity contribution in [2.45, 2.75) is 23.1 Å². The molecule has 3 atom stereocenters. The SMILES string of the molecule is CCOC(=O)c1ccc(N2C(=O)[C@H]3[C@H](c4ccc(OC)cc4)c4sc(=S)[nH]c4S[C@H]3C2=O)cc1. The number of amides is 2. The topological polar surface area (TPSA) is 88.7 Å². The number of nitrogens with zero attached hydrogens (tertiary/aromatic N) is 1. The van der Waals surface area contributed by atoms with Crippen LogP contribution in [0.5, 0.6) is 5.75 Å². The summed E-state index contributed by atoms with van der Waals surface area (Å²) in [7, 11) is 1.60. The summed E-state index contributed by atoms with van der Waals surface area (Å²) in [6.45, 7) is 2.00. The second-order valence-corrected chi connectivity index (χ2v) is 10.7. The molecular weight excluding hydrogens is 492 g/mol. The van der Waals surface area contributed by atoms with Crippen LogP contribution >= 0.6 is 35.3 Å². The van der Waals surface area contributed by atoms with Crippen LogP contribution in [0.4, 0.5) is 5.69 Å². The number of nitrogens with one attached hydrogen (secondary N) is 1. The van der Waals surface area contributed by atoms with E-state index in [1.807, 2.05) is 24.3 Å². The van der Waals surface area contributed by atoms with E-state index in [1.54, 1.807) is 38.3 Å². The van der Waals surface area contributed by atoms with Crippen LogP contribution in [0.15, 0.2) is 53.6 Å². The average Bonchev–Trinajstić information content (AvgIpc) is 3.34. The fourth-order valence-electron chi connectivity index (χ4n) is 4.40. The predicted molar refractivity (Wildman–Crippen MR) is 132 cm³/mol. The molecule has 10 heteroatoms. The number of esters is 1. The van der Waals surface area contributed by atoms with E-state index in [0.717, 1.165) is 15.5 Å². The summed E-state index contributed by atoms with van der Waals surface area (Å²) in [6.07, 6.45) is 0. The van der Waals surface area contributed by atoms with Crippen LogP contribution < -0.4 is 9.64 Å². The Morgan fingerprint density at radius 2 is 1.79 bits per heavy atom. The van der Waals surface area contributed by atoms with Crippen molar-refractivity contribution < 1.29 is 23.9 Å². The Bertz CT molecular complexity index is 1330. The monoisotopic (exact) mass is 512 g/mol. The van der Waals surface area contributed by atoms with Gasteiger partial charge in [-0.25, -0.2) is 9.69 Å². The number of carbonyl (C=O) groups is 3. The Balaban J connectivity index is 1.54. The van der Waals surface area contributed by atoms with E-state index in [-0.39, 0.29) is 24.3 Å². The third-order valence-corrected chi connectivity index (χ3v) is 8.69. The van der Waals surface area contributed by atoms with Gasteiger partial charge >= 0.3 is 5.97 Å². The van der Waals surface area contributed by atoms with Crippen LogP contribution in [-0.2, 0) is 14.3 Å². The van der Waals surface area contributed by atoms with E-state index in [0.29, 0.717) is 21.0 Å². The van der Waals surface area contributed by atoms with Crippen LogP contribution in [-0.4, -0.2) is 41.7 Å². The fourth-order valence-corrected chi connectivity index (χ4v) is 7.36. The molecule has 7 nitrogen and oxygen atoms in total. The van der Waals surface area contributed by atoms with E-state index in [2.05, 4.69) is 4.98 Å². The van der Waals surface area contributed by atoms with Crippen LogP contribution in [0.2, 0.25) is 0 Å². The van der Waals surface area contributed by atoms with Gasteiger partial charge in [0, 0.05) is 10.8 Å². The number of aromatic amines is 1. The van der Waals surface area contributed by atoms with Crippen molar-refractivity contribution >= 4 is 58.8 Å². The molecule has 2 amide bonds. The maximum absolute atomic E-state index is 13.7. The highest BCUT2D eigenvalue weighted by Gasteiger charge is 2.56. The summed E-state index contributed by atoms with van der Waals surface area (Å²) in [4.78, 5) is 44.6. The first-order valence-electron chi connectivity index (χ1n) is 10.6. The van der Waals surface area contributed by atoms with Gasteiger partial charge in [0.05, 0.1) is 35.9 Å². The lowest BCUT2D eigenvalue weighted by Gasteiger charge is -2.30. The molecule has 0 bridgehead atoms. The number of carbonyl (C=O) groups excluding carboxylic acids is 3. The number of hydrogen-bond donors (Lipinski definition) is 1. The number of anilines is 1. The molecule has 1 fully saturated rings. The first kappa shape index (κ1) is 22.8. The van der Waals surface area contributed by atoms with Crippen molar-refractivity contribution in [3.8, 4) is 5.75 Å². The van der Waals surface area contributed by atoms with Gasteiger partial charge in [0.25, 0.3) is 0 Å². The predicted octanol–water partition coefficient (Wildman–Crippen LogP) is 4.79. The number of thioether (sulfide) groups is 1. The lowest BCUT2D eigenvalue weighted by Crippen LogP contribution is -2.32. The quantitative estimate of drug-likeness (QED) is 0.299. The van der Waals surface area contributed by atoms with Gasteiger partial charge in [-0.3, -0.25) is 9.59 Å². The molecule has 174 valence electrons. The van der Waals surface area contributed by atoms with Crippen molar-refractivity contribution in [3.05, 3.63) is 68.5 Å². The lowest BCUT2D eigenvalue weighted by atomic mass is 9.83. The second-order valence-electron chi connectivity index (χ2n) is 7.80. The third kappa shape index (κ3) is 3.75. The molecule has 1 N–H and O–H groups in total. The molecule has 3 aromatic rings. The Morgan fingerprint density at radius 3 is 2.44 bits per heavy atom. The molecule has 0 radical (unpaired) electrons. The zero-order chi connectivity index (χ0) is 24.0. The maximum Gasteiger partial charge on any atom is 0.338 e. The average molecular weight is 513 g/mol. The van der Waals surface area contributed by atoms with Gasteiger partial charge in [0.2, 0.25) is 11.8 Å². The standard InChI is InChI=1S/C24H20N2O5S3/c1-3-31-23(29)13-4-8-14(9-5-13)26-21(27)17-16(12-6-10-15(30-2)11-7-12)18-20(25-24(32)34-18)33-19(17)22(26)28/h4-11,16-17,19H,3H2,1-2H3,(H,25,32)/t16-,17-,19+/m0/s1. The highest BCUT2D eigenvalue weighted by atomic mass is 32.2. The fraction of sp³-hybridized carbons (Fsp3) is 0.250. The number of ether oxygens (including phenoxy) is 2. The van der Waals surface area contributed by atoms with E-state index in [1.165, 1.54) is 28.0 Å². The number of imide groups is 1. The molecule has 1 saturated heterocycles. The first-order valence-corrected chi connectivity index (χ1v) is 12.7. The summed E-state index contributed by atoms with van der Waals surface area (Å²) >= 11 is 8.17. The zero-order valence-corrected chi connectivity index (χ0v) is 20.7. The minimum atomic E-state index is -0.586. The van der Waals surface area contributed by atoms with Crippen molar-refractivity contribution in [1.29, 1.82) is 0 Å². The van der Waals surface area contributed by atoms with Crippen LogP contribution in [0, 0.1) is 9.87 Å². The maximum atomic E-state index is 13.7. The zero-order valence-electron chi connectivity index (χ0n) is 18.3. The normalized spacial score (nSPS) is 21.2. The third-order valence-electron chi connectivity index (χ3n) is 5.94. The Labute approximate surface area is 209 Å². The lowest BCUT2D eigenvalue weighted by molar-refractivity contribution is -0.122. The molecule has 0 unspecified atom stereocenters. The van der Waals surface area contributed by atoms with E-state index in [4.69, 9.17) is 21.7 Å². The number of hydrogen-bond acceptors (Lipinski definition) is 8. The molecule has 3 heterocycles. The van der Waals surface area contributed by atoms with Gasteiger partial charge in [0.1, 0.15) is 11.0 Å². The Hall–Kier alpha value is -2.95. The minimum absolute atomic E-state index is 0.267. The number of rotatable bonds is 5. The van der Waals surface area contributed by atoms with Gasteiger partial charge in [-0.2, -0.15) is 0 Å². The number of methoxy groups -OCH3 is 1. The Morgan fingerprint density at radius 1 is 1.09 bits per heavy atom. The second kappa shape index (κ2) is 9.01. The molecule has 0 saturated carbocycles.